The van der Waals surface area contributed by atoms with Gasteiger partial charge in [-0.25, -0.2) is 14.6 Å². The maximum Gasteiger partial charge on any atom is 0.196 e. The molecular formula is C21H19ClN8O. The van der Waals surface area contributed by atoms with Crippen LogP contribution in [0.4, 0.5) is 11.6 Å². The molecule has 0 fully saturated rings. The number of nitriles is 1. The number of hydrogen-bond donors (Lipinski definition) is 1. The van der Waals surface area contributed by atoms with E-state index >= 15 is 0 Å². The molecule has 0 saturated heterocycles. The average Bonchev–Trinajstić information content (AvgIpc) is 3.23. The van der Waals surface area contributed by atoms with Crippen molar-refractivity contribution in [1.82, 2.24) is 29.5 Å². The number of aromatic nitrogens is 6. The van der Waals surface area contributed by atoms with Crippen LogP contribution in [0.2, 0.25) is 5.02 Å². The summed E-state index contributed by atoms with van der Waals surface area (Å²) >= 11 is 6.27. The fraction of sp³-hybridized carbons (Fsp3) is 0.190. The number of methoxy groups -OCH3 is 1. The molecule has 9 nitrogen and oxygen atoms in total. The zero-order valence-electron chi connectivity index (χ0n) is 17.4. The van der Waals surface area contributed by atoms with Crippen LogP contribution >= 0.6 is 11.6 Å². The Morgan fingerprint density at radius 3 is 2.48 bits per heavy atom. The fourth-order valence-corrected chi connectivity index (χ4v) is 3.42. The Kier molecular flexibility index (Phi) is 5.31. The smallest absolute Gasteiger partial charge is 0.196 e. The number of benzene rings is 1. The van der Waals surface area contributed by atoms with Crippen molar-refractivity contribution in [3.05, 3.63) is 58.6 Å². The highest BCUT2D eigenvalue weighted by Gasteiger charge is 2.20. The van der Waals surface area contributed by atoms with Gasteiger partial charge in [-0.3, -0.25) is 4.68 Å². The monoisotopic (exact) mass is 434 g/mol. The predicted octanol–water partition coefficient (Wildman–Crippen LogP) is 3.96. The van der Waals surface area contributed by atoms with Gasteiger partial charge in [0.1, 0.15) is 17.8 Å². The summed E-state index contributed by atoms with van der Waals surface area (Å²) in [7, 11) is 3.41. The molecule has 1 N–H and O–H groups in total. The highest BCUT2D eigenvalue weighted by Crippen LogP contribution is 2.37. The van der Waals surface area contributed by atoms with E-state index in [9.17, 15) is 0 Å². The number of nitrogens with zero attached hydrogens (tertiary/aromatic N) is 7. The van der Waals surface area contributed by atoms with Crippen molar-refractivity contribution in [2.24, 2.45) is 7.05 Å². The van der Waals surface area contributed by atoms with Crippen LogP contribution in [0.15, 0.2) is 36.7 Å². The fourth-order valence-electron chi connectivity index (χ4n) is 3.30. The second-order valence-electron chi connectivity index (χ2n) is 6.83. The number of hydrogen-bond acceptors (Lipinski definition) is 7. The minimum absolute atomic E-state index is 0.500. The molecular weight excluding hydrogens is 416 g/mol. The lowest BCUT2D eigenvalue weighted by Crippen LogP contribution is -2.04. The van der Waals surface area contributed by atoms with Crippen molar-refractivity contribution >= 4 is 23.2 Å². The maximum atomic E-state index is 9.03. The van der Waals surface area contributed by atoms with Gasteiger partial charge in [0.25, 0.3) is 0 Å². The first-order valence-electron chi connectivity index (χ1n) is 9.35. The molecule has 31 heavy (non-hydrogen) atoms. The summed E-state index contributed by atoms with van der Waals surface area (Å²) in [6, 6.07) is 11.1. The summed E-state index contributed by atoms with van der Waals surface area (Å²) in [5.41, 5.74) is 3.75. The molecule has 1 aromatic carbocycles. The molecule has 0 bridgehead atoms. The van der Waals surface area contributed by atoms with E-state index in [4.69, 9.17) is 21.6 Å². The molecule has 156 valence electrons. The standard InChI is InChI=1S/C21H19ClN8O/c1-12-18(22)13(2)30(27-12)17-9-16(24-11-25-17)26-21-20(31-4)19(29(3)28-21)15-7-5-14(10-23)6-8-15/h5-9,11H,1-4H3,(H,24,25,26,28). The Balaban J connectivity index is 1.70. The van der Waals surface area contributed by atoms with Gasteiger partial charge in [-0.05, 0) is 26.0 Å². The maximum absolute atomic E-state index is 9.03. The number of halogens is 1. The summed E-state index contributed by atoms with van der Waals surface area (Å²) < 4.78 is 9.03. The second kappa shape index (κ2) is 8.08. The third kappa shape index (κ3) is 3.69. The Labute approximate surface area is 183 Å². The largest absolute Gasteiger partial charge is 0.491 e. The molecule has 3 aromatic heterocycles. The summed E-state index contributed by atoms with van der Waals surface area (Å²) in [5.74, 6) is 2.16. The first-order valence-corrected chi connectivity index (χ1v) is 9.73. The van der Waals surface area contributed by atoms with Crippen LogP contribution in [-0.4, -0.2) is 36.6 Å². The van der Waals surface area contributed by atoms with Crippen LogP contribution in [0, 0.1) is 25.2 Å². The van der Waals surface area contributed by atoms with Gasteiger partial charge in [-0.2, -0.15) is 15.5 Å². The first-order chi connectivity index (χ1) is 14.9. The molecule has 0 unspecified atom stereocenters. The van der Waals surface area contributed by atoms with E-state index in [2.05, 4.69) is 31.6 Å². The van der Waals surface area contributed by atoms with Crippen molar-refractivity contribution < 1.29 is 4.74 Å². The molecule has 0 aliphatic rings. The van der Waals surface area contributed by atoms with Crippen LogP contribution in [0.1, 0.15) is 17.0 Å². The Bertz CT molecular complexity index is 1300. The zero-order valence-corrected chi connectivity index (χ0v) is 18.1. The van der Waals surface area contributed by atoms with E-state index in [1.165, 1.54) is 6.33 Å². The Morgan fingerprint density at radius 1 is 1.13 bits per heavy atom. The number of ether oxygens (including phenoxy) is 1. The molecule has 0 aliphatic carbocycles. The van der Waals surface area contributed by atoms with Gasteiger partial charge < -0.3 is 10.1 Å². The van der Waals surface area contributed by atoms with Gasteiger partial charge in [-0.15, -0.1) is 0 Å². The highest BCUT2D eigenvalue weighted by atomic mass is 35.5. The molecule has 0 radical (unpaired) electrons. The number of rotatable bonds is 5. The minimum Gasteiger partial charge on any atom is -0.491 e. The van der Waals surface area contributed by atoms with E-state index in [-0.39, 0.29) is 0 Å². The summed E-state index contributed by atoms with van der Waals surface area (Å²) in [4.78, 5) is 8.59. The van der Waals surface area contributed by atoms with Crippen molar-refractivity contribution in [3.8, 4) is 28.9 Å². The molecule has 10 heteroatoms. The summed E-state index contributed by atoms with van der Waals surface area (Å²) in [6.07, 6.45) is 1.44. The van der Waals surface area contributed by atoms with Gasteiger partial charge in [0.2, 0.25) is 0 Å². The topological polar surface area (TPSA) is 106 Å². The molecule has 0 aliphatic heterocycles. The van der Waals surface area contributed by atoms with Crippen LogP contribution in [-0.2, 0) is 7.05 Å². The normalized spacial score (nSPS) is 10.7. The number of nitrogens with one attached hydrogen (secondary N) is 1. The van der Waals surface area contributed by atoms with Crippen molar-refractivity contribution in [1.29, 1.82) is 5.26 Å². The van der Waals surface area contributed by atoms with Crippen LogP contribution in [0.25, 0.3) is 17.1 Å². The molecule has 0 amide bonds. The van der Waals surface area contributed by atoms with E-state index in [0.717, 1.165) is 22.6 Å². The quantitative estimate of drug-likeness (QED) is 0.506. The lowest BCUT2D eigenvalue weighted by atomic mass is 10.1. The highest BCUT2D eigenvalue weighted by molar-refractivity contribution is 6.31. The molecule has 0 atom stereocenters. The van der Waals surface area contributed by atoms with Gasteiger partial charge in [-0.1, -0.05) is 23.7 Å². The van der Waals surface area contributed by atoms with Gasteiger partial charge in [0, 0.05) is 18.7 Å². The third-order valence-corrected chi connectivity index (χ3v) is 5.36. The van der Waals surface area contributed by atoms with Gasteiger partial charge in [0.05, 0.1) is 35.2 Å². The van der Waals surface area contributed by atoms with E-state index in [1.54, 1.807) is 34.7 Å². The molecule has 4 aromatic rings. The van der Waals surface area contributed by atoms with E-state index < -0.39 is 0 Å². The van der Waals surface area contributed by atoms with Crippen LogP contribution < -0.4 is 10.1 Å². The zero-order chi connectivity index (χ0) is 22.1. The average molecular weight is 435 g/mol. The summed E-state index contributed by atoms with van der Waals surface area (Å²) in [6.45, 7) is 3.72. The lowest BCUT2D eigenvalue weighted by molar-refractivity contribution is 0.418. The van der Waals surface area contributed by atoms with Crippen molar-refractivity contribution in [2.75, 3.05) is 12.4 Å². The van der Waals surface area contributed by atoms with E-state index in [0.29, 0.717) is 33.8 Å². The Hall–Kier alpha value is -3.90. The second-order valence-corrected chi connectivity index (χ2v) is 7.20. The SMILES string of the molecule is COc1c(Nc2cc(-n3nc(C)c(Cl)c3C)ncn2)nn(C)c1-c1ccc(C#N)cc1. The Morgan fingerprint density at radius 2 is 1.87 bits per heavy atom. The molecule has 3 heterocycles. The first kappa shape index (κ1) is 20.4. The predicted molar refractivity (Wildman–Crippen MR) is 117 cm³/mol. The molecule has 4 rings (SSSR count). The lowest BCUT2D eigenvalue weighted by Gasteiger charge is -2.08. The molecule has 0 saturated carbocycles. The third-order valence-electron chi connectivity index (χ3n) is 4.81. The van der Waals surface area contributed by atoms with Crippen molar-refractivity contribution in [2.45, 2.75) is 13.8 Å². The van der Waals surface area contributed by atoms with E-state index in [1.807, 2.05) is 33.0 Å². The minimum atomic E-state index is 0.500. The van der Waals surface area contributed by atoms with Crippen LogP contribution in [0.3, 0.4) is 0 Å². The summed E-state index contributed by atoms with van der Waals surface area (Å²) in [5, 5.41) is 21.8. The molecule has 0 spiro atoms. The van der Waals surface area contributed by atoms with Gasteiger partial charge in [0.15, 0.2) is 17.4 Å². The van der Waals surface area contributed by atoms with Crippen molar-refractivity contribution in [3.63, 3.8) is 0 Å². The number of aryl methyl sites for hydroxylation is 2. The van der Waals surface area contributed by atoms with Crippen LogP contribution in [0.5, 0.6) is 5.75 Å². The van der Waals surface area contributed by atoms with Gasteiger partial charge >= 0.3 is 0 Å². The number of anilines is 2.